The Morgan fingerprint density at radius 3 is 0.790 bits per heavy atom. The van der Waals surface area contributed by atoms with Crippen LogP contribution < -0.4 is 0 Å². The largest absolute Gasteiger partial charge is 0.507 e. The third-order valence-electron chi connectivity index (χ3n) is 12.2. The number of fused-ring (bicyclic) bond motifs is 4. The fraction of sp³-hybridized carbons (Fsp3) is 0. The van der Waals surface area contributed by atoms with Crippen molar-refractivity contribution in [1.82, 2.24) is 0 Å². The second-order valence-corrected chi connectivity index (χ2v) is 16.0. The van der Waals surface area contributed by atoms with E-state index in [0.717, 1.165) is 89.0 Å². The molecule has 0 bridgehead atoms. The van der Waals surface area contributed by atoms with Gasteiger partial charge in [0.2, 0.25) is 0 Å². The first-order valence-corrected chi connectivity index (χ1v) is 21.0. The summed E-state index contributed by atoms with van der Waals surface area (Å²) >= 11 is 0. The average molecular weight is 793 g/mol. The molecule has 292 valence electrons. The van der Waals surface area contributed by atoms with E-state index in [1.165, 1.54) is 22.3 Å². The van der Waals surface area contributed by atoms with Crippen molar-refractivity contribution in [2.24, 2.45) is 0 Å². The van der Waals surface area contributed by atoms with Crippen LogP contribution in [0.4, 0.5) is 0 Å². The van der Waals surface area contributed by atoms with E-state index in [2.05, 4.69) is 182 Å². The molecule has 2 nitrogen and oxygen atoms in total. The maximum absolute atomic E-state index is 11.5. The van der Waals surface area contributed by atoms with Gasteiger partial charge in [0.1, 0.15) is 11.5 Å². The van der Waals surface area contributed by atoms with E-state index < -0.39 is 0 Å². The number of rotatable bonds is 8. The molecule has 10 aromatic rings. The van der Waals surface area contributed by atoms with E-state index in [1.807, 2.05) is 48.5 Å². The molecule has 0 amide bonds. The van der Waals surface area contributed by atoms with Crippen LogP contribution in [0.15, 0.2) is 231 Å². The lowest BCUT2D eigenvalue weighted by Gasteiger charge is -2.30. The highest BCUT2D eigenvalue weighted by Gasteiger charge is 2.29. The van der Waals surface area contributed by atoms with Gasteiger partial charge in [0.15, 0.2) is 0 Å². The first kappa shape index (κ1) is 36.8. The Hall–Kier alpha value is -8.20. The number of benzene rings is 10. The van der Waals surface area contributed by atoms with E-state index >= 15 is 0 Å². The highest BCUT2D eigenvalue weighted by molar-refractivity contribution is 6.14. The normalized spacial score (nSPS) is 11.4. The summed E-state index contributed by atoms with van der Waals surface area (Å²) in [5, 5.41) is 23.1. The van der Waals surface area contributed by atoms with Crippen molar-refractivity contribution < 1.29 is 10.2 Å². The van der Waals surface area contributed by atoms with Crippen LogP contribution in [-0.2, 0) is 0 Å². The molecule has 1 aliphatic rings. The minimum Gasteiger partial charge on any atom is -0.507 e. The summed E-state index contributed by atoms with van der Waals surface area (Å²) in [6.07, 6.45) is 0. The van der Waals surface area contributed by atoms with Gasteiger partial charge in [-0.2, -0.15) is 0 Å². The van der Waals surface area contributed by atoms with Crippen LogP contribution in [0.1, 0.15) is 0 Å². The van der Waals surface area contributed by atoms with Gasteiger partial charge in [-0.05, 0) is 161 Å². The second kappa shape index (κ2) is 15.4. The standard InChI is InChI=1S/C60H40O2/c61-57-29-27-43(37-55(57)49-33-45(39-15-5-1-6-16-39)31-46(34-49)40-17-7-2-8-18-40)51-23-13-25-53-54-26-14-24-52(60(54)59(51)53)44-28-30-58(62)56(38-44)50-35-47(41-19-9-3-10-20-41)32-48(36-50)42-21-11-4-12-22-42/h1-38,61-62H. The first-order valence-electron chi connectivity index (χ1n) is 21.0. The zero-order valence-electron chi connectivity index (χ0n) is 33.8. The molecule has 0 aliphatic heterocycles. The van der Waals surface area contributed by atoms with E-state index in [4.69, 9.17) is 0 Å². The van der Waals surface area contributed by atoms with Crippen LogP contribution in [0.5, 0.6) is 11.5 Å². The maximum atomic E-state index is 11.5. The third kappa shape index (κ3) is 6.65. The van der Waals surface area contributed by atoms with E-state index in [9.17, 15) is 10.2 Å². The summed E-state index contributed by atoms with van der Waals surface area (Å²) in [5.41, 5.74) is 21.3. The van der Waals surface area contributed by atoms with Crippen LogP contribution in [0.2, 0.25) is 0 Å². The van der Waals surface area contributed by atoms with Crippen LogP contribution in [0, 0.1) is 0 Å². The molecule has 0 fully saturated rings. The Kier molecular flexibility index (Phi) is 9.17. The highest BCUT2D eigenvalue weighted by Crippen LogP contribution is 2.56. The number of hydrogen-bond donors (Lipinski definition) is 2. The molecule has 0 aromatic heterocycles. The Balaban J connectivity index is 1.02. The number of aromatic hydroxyl groups is 2. The molecule has 2 N–H and O–H groups in total. The zero-order chi connectivity index (χ0) is 41.6. The van der Waals surface area contributed by atoms with Gasteiger partial charge in [-0.3, -0.25) is 0 Å². The van der Waals surface area contributed by atoms with Crippen LogP contribution in [0.25, 0.3) is 111 Å². The molecule has 62 heavy (non-hydrogen) atoms. The van der Waals surface area contributed by atoms with Crippen molar-refractivity contribution >= 4 is 0 Å². The van der Waals surface area contributed by atoms with Gasteiger partial charge >= 0.3 is 0 Å². The topological polar surface area (TPSA) is 40.5 Å². The molecule has 10 aromatic carbocycles. The van der Waals surface area contributed by atoms with E-state index in [-0.39, 0.29) is 11.5 Å². The molecule has 2 heteroatoms. The number of phenols is 2. The minimum atomic E-state index is 0.234. The molecule has 0 spiro atoms. The number of phenolic OH excluding ortho intramolecular Hbond substituents is 2. The minimum absolute atomic E-state index is 0.234. The van der Waals surface area contributed by atoms with E-state index in [1.54, 1.807) is 0 Å². The van der Waals surface area contributed by atoms with Gasteiger partial charge in [0, 0.05) is 11.1 Å². The Morgan fingerprint density at radius 1 is 0.177 bits per heavy atom. The monoisotopic (exact) mass is 792 g/mol. The Bertz CT molecular complexity index is 2940. The molecule has 0 unspecified atom stereocenters. The van der Waals surface area contributed by atoms with Crippen molar-refractivity contribution in [2.75, 3.05) is 0 Å². The second-order valence-electron chi connectivity index (χ2n) is 16.0. The van der Waals surface area contributed by atoms with Crippen molar-refractivity contribution in [1.29, 1.82) is 0 Å². The zero-order valence-corrected chi connectivity index (χ0v) is 33.8. The summed E-state index contributed by atoms with van der Waals surface area (Å²) in [4.78, 5) is 0. The molecule has 0 saturated carbocycles. The Morgan fingerprint density at radius 2 is 0.468 bits per heavy atom. The number of hydrogen-bond acceptors (Lipinski definition) is 2. The quantitative estimate of drug-likeness (QED) is 0.161. The van der Waals surface area contributed by atoms with Gasteiger partial charge in [0.05, 0.1) is 0 Å². The summed E-state index contributed by atoms with van der Waals surface area (Å²) in [7, 11) is 0. The SMILES string of the molecule is Oc1ccc(-c2cccc3c2-c2c(-c4ccc(O)c(-c5cc(-c6ccccc6)cc(-c6ccccc6)c5)c4)cccc2-3)cc1-c1cc(-c2ccccc2)cc(-c2ccccc2)c1. The summed E-state index contributed by atoms with van der Waals surface area (Å²) < 4.78 is 0. The van der Waals surface area contributed by atoms with Crippen molar-refractivity contribution in [3.8, 4) is 123 Å². The summed E-state index contributed by atoms with van der Waals surface area (Å²) in [5.74, 6) is 0.467. The van der Waals surface area contributed by atoms with Gasteiger partial charge in [-0.1, -0.05) is 170 Å². The fourth-order valence-electron chi connectivity index (χ4n) is 9.14. The van der Waals surface area contributed by atoms with Gasteiger partial charge in [0.25, 0.3) is 0 Å². The lowest BCUT2D eigenvalue weighted by atomic mass is 9.73. The van der Waals surface area contributed by atoms with Crippen LogP contribution >= 0.6 is 0 Å². The third-order valence-corrected chi connectivity index (χ3v) is 12.2. The van der Waals surface area contributed by atoms with Crippen molar-refractivity contribution in [3.63, 3.8) is 0 Å². The maximum Gasteiger partial charge on any atom is 0.123 e. The Labute approximate surface area is 362 Å². The van der Waals surface area contributed by atoms with Gasteiger partial charge in [-0.15, -0.1) is 0 Å². The smallest absolute Gasteiger partial charge is 0.123 e. The lowest BCUT2D eigenvalue weighted by molar-refractivity contribution is 0.477. The van der Waals surface area contributed by atoms with Crippen molar-refractivity contribution in [3.05, 3.63) is 231 Å². The average Bonchev–Trinajstić information content (AvgIpc) is 3.34. The molecular formula is C60H40O2. The molecule has 0 atom stereocenters. The van der Waals surface area contributed by atoms with Crippen LogP contribution in [0.3, 0.4) is 0 Å². The lowest BCUT2D eigenvalue weighted by Crippen LogP contribution is -2.03. The molecular weight excluding hydrogens is 753 g/mol. The molecule has 0 heterocycles. The van der Waals surface area contributed by atoms with E-state index in [0.29, 0.717) is 0 Å². The predicted octanol–water partition coefficient (Wildman–Crippen LogP) is 16.1. The molecule has 0 saturated heterocycles. The molecule has 11 rings (SSSR count). The predicted molar refractivity (Wildman–Crippen MR) is 258 cm³/mol. The molecule has 0 radical (unpaired) electrons. The van der Waals surface area contributed by atoms with Gasteiger partial charge in [-0.25, -0.2) is 0 Å². The molecule has 1 aliphatic carbocycles. The highest BCUT2D eigenvalue weighted by atomic mass is 16.3. The fourth-order valence-corrected chi connectivity index (χ4v) is 9.14. The first-order chi connectivity index (χ1) is 30.6. The van der Waals surface area contributed by atoms with Gasteiger partial charge < -0.3 is 10.2 Å². The van der Waals surface area contributed by atoms with Crippen LogP contribution in [-0.4, -0.2) is 10.2 Å². The summed E-state index contributed by atoms with van der Waals surface area (Å²) in [6.45, 7) is 0. The van der Waals surface area contributed by atoms with Crippen molar-refractivity contribution in [2.45, 2.75) is 0 Å². The summed E-state index contributed by atoms with van der Waals surface area (Å²) in [6, 6.07) is 79.8.